The molecular weight excluding hydrogens is 443 g/mol. The van der Waals surface area contributed by atoms with Gasteiger partial charge in [0.1, 0.15) is 0 Å². The van der Waals surface area contributed by atoms with Gasteiger partial charge in [0.2, 0.25) is 0 Å². The van der Waals surface area contributed by atoms with E-state index < -0.39 is 8.07 Å². The molecule has 4 rings (SSSR count). The molecule has 182 valence electrons. The molecule has 2 nitrogen and oxygen atoms in total. The normalized spacial score (nSPS) is 20.2. The van der Waals surface area contributed by atoms with Crippen LogP contribution in [0.2, 0.25) is 0 Å². The fourth-order valence-electron chi connectivity index (χ4n) is 5.23. The Kier molecular flexibility index (Phi) is 7.56. The molecule has 0 amide bonds. The average molecular weight is 483 g/mol. The molecule has 2 aromatic carbocycles. The highest BCUT2D eigenvalue weighted by atomic mass is 28.3. The van der Waals surface area contributed by atoms with Gasteiger partial charge in [0, 0.05) is 0 Å². The van der Waals surface area contributed by atoms with Gasteiger partial charge in [-0.3, -0.25) is 0 Å². The Morgan fingerprint density at radius 1 is 0.914 bits per heavy atom. The minimum atomic E-state index is -2.50. The van der Waals surface area contributed by atoms with Gasteiger partial charge >= 0.3 is 7.12 Å². The van der Waals surface area contributed by atoms with Crippen LogP contribution in [0.4, 0.5) is 0 Å². The Morgan fingerprint density at radius 2 is 1.46 bits per heavy atom. The number of hydrogen-bond donors (Lipinski definition) is 0. The van der Waals surface area contributed by atoms with Crippen LogP contribution < -0.4 is 10.4 Å². The molecular formula is C31H39BO2Si. The zero-order chi connectivity index (χ0) is 25.1. The van der Waals surface area contributed by atoms with Crippen molar-refractivity contribution in [1.29, 1.82) is 0 Å². The molecule has 0 N–H and O–H groups in total. The van der Waals surface area contributed by atoms with E-state index in [0.717, 1.165) is 24.7 Å². The quantitative estimate of drug-likeness (QED) is 0.331. The summed E-state index contributed by atoms with van der Waals surface area (Å²) in [5, 5.41) is 5.80. The van der Waals surface area contributed by atoms with E-state index in [4.69, 9.17) is 9.31 Å². The second kappa shape index (κ2) is 10.3. The highest BCUT2D eigenvalue weighted by Gasteiger charge is 2.52. The van der Waals surface area contributed by atoms with Crippen molar-refractivity contribution < 1.29 is 9.31 Å². The summed E-state index contributed by atoms with van der Waals surface area (Å²) < 4.78 is 12.9. The summed E-state index contributed by atoms with van der Waals surface area (Å²) in [6.07, 6.45) is 14.9. The monoisotopic (exact) mass is 482 g/mol. The SMILES string of the molecule is CC/C=C(\C=C(/C)B1OC(C)(C)C(C)(C)O1)[Si](C1=CC=CCC1)(c1ccccc1)c1ccccc1. The van der Waals surface area contributed by atoms with E-state index in [9.17, 15) is 0 Å². The van der Waals surface area contributed by atoms with Crippen molar-refractivity contribution >= 4 is 25.6 Å². The van der Waals surface area contributed by atoms with Crippen molar-refractivity contribution in [2.75, 3.05) is 0 Å². The average Bonchev–Trinajstić information content (AvgIpc) is 3.08. The maximum absolute atomic E-state index is 6.45. The van der Waals surface area contributed by atoms with Gasteiger partial charge in [-0.2, -0.15) is 0 Å². The Labute approximate surface area is 213 Å². The highest BCUT2D eigenvalue weighted by Crippen LogP contribution is 2.39. The molecule has 1 aliphatic heterocycles. The maximum atomic E-state index is 6.45. The zero-order valence-corrected chi connectivity index (χ0v) is 23.2. The van der Waals surface area contributed by atoms with Gasteiger partial charge < -0.3 is 9.31 Å². The van der Waals surface area contributed by atoms with E-state index in [0.29, 0.717) is 0 Å². The molecule has 1 heterocycles. The van der Waals surface area contributed by atoms with Crippen LogP contribution in [0.1, 0.15) is 60.8 Å². The number of hydrogen-bond acceptors (Lipinski definition) is 2. The predicted octanol–water partition coefficient (Wildman–Crippen LogP) is 6.52. The van der Waals surface area contributed by atoms with Crippen LogP contribution in [0.15, 0.2) is 107 Å². The summed E-state index contributed by atoms with van der Waals surface area (Å²) in [6, 6.07) is 22.3. The van der Waals surface area contributed by atoms with Crippen molar-refractivity contribution in [2.45, 2.75) is 72.0 Å². The van der Waals surface area contributed by atoms with E-state index in [1.807, 2.05) is 0 Å². The Morgan fingerprint density at radius 3 is 1.91 bits per heavy atom. The summed E-state index contributed by atoms with van der Waals surface area (Å²) in [6.45, 7) is 12.9. The van der Waals surface area contributed by atoms with Gasteiger partial charge in [0.15, 0.2) is 8.07 Å². The van der Waals surface area contributed by atoms with Crippen LogP contribution in [0.25, 0.3) is 0 Å². The fourth-order valence-corrected chi connectivity index (χ4v) is 10.5. The van der Waals surface area contributed by atoms with Gasteiger partial charge in [0.25, 0.3) is 0 Å². The van der Waals surface area contributed by atoms with Crippen LogP contribution in [0, 0.1) is 0 Å². The third-order valence-electron chi connectivity index (χ3n) is 7.77. The highest BCUT2D eigenvalue weighted by molar-refractivity contribution is 7.12. The number of allylic oxidation sites excluding steroid dienone is 8. The second-order valence-corrected chi connectivity index (χ2v) is 14.6. The van der Waals surface area contributed by atoms with Crippen molar-refractivity contribution in [3.05, 3.63) is 107 Å². The Balaban J connectivity index is 1.95. The maximum Gasteiger partial charge on any atom is 0.490 e. The first kappa shape index (κ1) is 25.7. The minimum Gasteiger partial charge on any atom is -0.400 e. The lowest BCUT2D eigenvalue weighted by Gasteiger charge is -2.38. The third kappa shape index (κ3) is 4.84. The molecule has 2 aliphatic rings. The fraction of sp³-hybridized carbons (Fsp3) is 0.355. The first-order valence-corrected chi connectivity index (χ1v) is 14.9. The molecule has 0 atom stereocenters. The molecule has 0 spiro atoms. The largest absolute Gasteiger partial charge is 0.490 e. The van der Waals surface area contributed by atoms with Crippen molar-refractivity contribution in [1.82, 2.24) is 0 Å². The number of benzene rings is 2. The first-order chi connectivity index (χ1) is 16.7. The van der Waals surface area contributed by atoms with Gasteiger partial charge in [-0.25, -0.2) is 0 Å². The van der Waals surface area contributed by atoms with Crippen LogP contribution in [0.3, 0.4) is 0 Å². The molecule has 1 fully saturated rings. The van der Waals surface area contributed by atoms with Gasteiger partial charge in [-0.1, -0.05) is 108 Å². The van der Waals surface area contributed by atoms with E-state index >= 15 is 0 Å². The minimum absolute atomic E-state index is 0.348. The van der Waals surface area contributed by atoms with Crippen LogP contribution in [0.5, 0.6) is 0 Å². The molecule has 0 unspecified atom stereocenters. The second-order valence-electron chi connectivity index (χ2n) is 10.7. The molecule has 0 bridgehead atoms. The van der Waals surface area contributed by atoms with Crippen molar-refractivity contribution in [3.63, 3.8) is 0 Å². The lowest BCUT2D eigenvalue weighted by atomic mass is 9.79. The van der Waals surface area contributed by atoms with E-state index in [-0.39, 0.29) is 18.3 Å². The van der Waals surface area contributed by atoms with Crippen molar-refractivity contribution in [3.8, 4) is 0 Å². The molecule has 35 heavy (non-hydrogen) atoms. The zero-order valence-electron chi connectivity index (χ0n) is 22.2. The molecule has 4 heteroatoms. The third-order valence-corrected chi connectivity index (χ3v) is 12.8. The lowest BCUT2D eigenvalue weighted by Crippen LogP contribution is -2.62. The molecule has 0 radical (unpaired) electrons. The van der Waals surface area contributed by atoms with Gasteiger partial charge in [-0.15, -0.1) is 0 Å². The summed E-state index contributed by atoms with van der Waals surface area (Å²) >= 11 is 0. The van der Waals surface area contributed by atoms with Crippen LogP contribution in [-0.4, -0.2) is 26.4 Å². The Bertz CT molecular complexity index is 1090. The van der Waals surface area contributed by atoms with Crippen molar-refractivity contribution in [2.24, 2.45) is 0 Å². The molecule has 0 saturated carbocycles. The molecule has 0 aromatic heterocycles. The molecule has 2 aromatic rings. The standard InChI is InChI=1S/C31H39BO2Si/c1-7-17-29(24-25(2)32-33-30(3,4)31(5,6)34-32)35(26-18-11-8-12-19-26,27-20-13-9-14-21-27)28-22-15-10-16-23-28/h8-15,17-22,24H,7,16,23H2,1-6H3/b25-24+,29-17+. The van der Waals surface area contributed by atoms with Gasteiger partial charge in [0.05, 0.1) is 11.2 Å². The molecule has 1 aliphatic carbocycles. The number of rotatable bonds is 7. The predicted molar refractivity (Wildman–Crippen MR) is 153 cm³/mol. The van der Waals surface area contributed by atoms with Crippen LogP contribution in [-0.2, 0) is 9.31 Å². The summed E-state index contributed by atoms with van der Waals surface area (Å²) in [5.41, 5.74) is 0.413. The van der Waals surface area contributed by atoms with E-state index in [2.05, 4.69) is 133 Å². The lowest BCUT2D eigenvalue weighted by molar-refractivity contribution is 0.00578. The van der Waals surface area contributed by atoms with E-state index in [1.54, 1.807) is 5.20 Å². The molecule has 1 saturated heterocycles. The summed E-state index contributed by atoms with van der Waals surface area (Å²) in [4.78, 5) is 0. The smallest absolute Gasteiger partial charge is 0.400 e. The van der Waals surface area contributed by atoms with Crippen LogP contribution >= 0.6 is 0 Å². The Hall–Kier alpha value is -2.40. The topological polar surface area (TPSA) is 18.5 Å². The van der Waals surface area contributed by atoms with Gasteiger partial charge in [-0.05, 0) is 69.7 Å². The summed E-state index contributed by atoms with van der Waals surface area (Å²) in [5.74, 6) is 0. The van der Waals surface area contributed by atoms with E-state index in [1.165, 1.54) is 15.6 Å². The summed E-state index contributed by atoms with van der Waals surface area (Å²) in [7, 11) is -2.85. The first-order valence-electron chi connectivity index (χ1n) is 12.9.